The van der Waals surface area contributed by atoms with Crippen molar-refractivity contribution < 1.29 is 22.3 Å². The van der Waals surface area contributed by atoms with Crippen molar-refractivity contribution in [2.24, 2.45) is 0 Å². The van der Waals surface area contributed by atoms with Crippen molar-refractivity contribution in [3.63, 3.8) is 0 Å². The Morgan fingerprint density at radius 1 is 1.00 bits per heavy atom. The molecule has 9 heteroatoms. The molecule has 0 spiro atoms. The van der Waals surface area contributed by atoms with Gasteiger partial charge < -0.3 is 10.1 Å². The number of ether oxygens (including phenoxy) is 1. The van der Waals surface area contributed by atoms with Crippen LogP contribution in [0.1, 0.15) is 12.5 Å². The van der Waals surface area contributed by atoms with Gasteiger partial charge >= 0.3 is 0 Å². The number of halogens is 2. The van der Waals surface area contributed by atoms with Crippen LogP contribution in [0.5, 0.6) is 5.75 Å². The van der Waals surface area contributed by atoms with E-state index >= 15 is 0 Å². The summed E-state index contributed by atoms with van der Waals surface area (Å²) >= 11 is 6.04. The largest absolute Gasteiger partial charge is 0.481 e. The lowest BCUT2D eigenvalue weighted by atomic mass is 10.2. The molecule has 0 fully saturated rings. The van der Waals surface area contributed by atoms with E-state index in [0.717, 1.165) is 5.56 Å². The van der Waals surface area contributed by atoms with Gasteiger partial charge in [0.15, 0.2) is 6.10 Å². The molecule has 2 N–H and O–H groups in total. The van der Waals surface area contributed by atoms with Gasteiger partial charge in [-0.2, -0.15) is 0 Å². The summed E-state index contributed by atoms with van der Waals surface area (Å²) in [4.78, 5) is 12.3. The second kappa shape index (κ2) is 9.36. The van der Waals surface area contributed by atoms with Crippen molar-refractivity contribution in [1.29, 1.82) is 0 Å². The molecule has 3 aromatic carbocycles. The standard InChI is InChI=1S/C22H20ClFN2O4S/c1-14-3-6-18(13-21(14)23)26-31(28,29)20-11-7-17(8-12-20)25-22(27)15(2)30-19-9-4-16(24)5-10-19/h3-13,15,26H,1-2H3,(H,25,27)/t15-/m1/s1. The minimum Gasteiger partial charge on any atom is -0.481 e. The Hall–Kier alpha value is -3.10. The summed E-state index contributed by atoms with van der Waals surface area (Å²) in [6.45, 7) is 3.37. The Labute approximate surface area is 185 Å². The second-order valence-corrected chi connectivity index (χ2v) is 8.89. The van der Waals surface area contributed by atoms with Gasteiger partial charge in [0, 0.05) is 10.7 Å². The lowest BCUT2D eigenvalue weighted by Crippen LogP contribution is -2.30. The molecule has 0 aliphatic rings. The van der Waals surface area contributed by atoms with Gasteiger partial charge in [-0.1, -0.05) is 17.7 Å². The molecule has 3 rings (SSSR count). The Balaban J connectivity index is 1.63. The van der Waals surface area contributed by atoms with Gasteiger partial charge in [0.25, 0.3) is 15.9 Å². The highest BCUT2D eigenvalue weighted by Crippen LogP contribution is 2.23. The first-order valence-corrected chi connectivity index (χ1v) is 11.1. The van der Waals surface area contributed by atoms with E-state index in [1.165, 1.54) is 54.6 Å². The van der Waals surface area contributed by atoms with Gasteiger partial charge in [-0.3, -0.25) is 9.52 Å². The predicted octanol–water partition coefficient (Wildman–Crippen LogP) is 4.99. The highest BCUT2D eigenvalue weighted by molar-refractivity contribution is 7.92. The second-order valence-electron chi connectivity index (χ2n) is 6.80. The molecule has 31 heavy (non-hydrogen) atoms. The number of hydrogen-bond donors (Lipinski definition) is 2. The number of nitrogens with one attached hydrogen (secondary N) is 2. The molecule has 0 saturated heterocycles. The van der Waals surface area contributed by atoms with Crippen molar-refractivity contribution >= 4 is 38.9 Å². The summed E-state index contributed by atoms with van der Waals surface area (Å²) in [6.07, 6.45) is -0.846. The van der Waals surface area contributed by atoms with Crippen LogP contribution in [0.3, 0.4) is 0 Å². The zero-order chi connectivity index (χ0) is 22.6. The lowest BCUT2D eigenvalue weighted by Gasteiger charge is -2.15. The zero-order valence-electron chi connectivity index (χ0n) is 16.7. The number of hydrogen-bond acceptors (Lipinski definition) is 4. The third-order valence-electron chi connectivity index (χ3n) is 4.35. The third-order valence-corrected chi connectivity index (χ3v) is 6.16. The molecule has 0 unspecified atom stereocenters. The molecule has 6 nitrogen and oxygen atoms in total. The molecule has 0 aliphatic carbocycles. The summed E-state index contributed by atoms with van der Waals surface area (Å²) < 4.78 is 46.0. The Bertz CT molecular complexity index is 1180. The summed E-state index contributed by atoms with van der Waals surface area (Å²) in [7, 11) is -3.83. The molecule has 0 saturated carbocycles. The Kier molecular flexibility index (Phi) is 6.82. The van der Waals surface area contributed by atoms with Crippen LogP contribution in [-0.4, -0.2) is 20.4 Å². The molecule has 0 aliphatic heterocycles. The van der Waals surface area contributed by atoms with E-state index in [2.05, 4.69) is 10.0 Å². The van der Waals surface area contributed by atoms with Crippen LogP contribution in [0, 0.1) is 12.7 Å². The quantitative estimate of drug-likeness (QED) is 0.517. The minimum absolute atomic E-state index is 0.0257. The van der Waals surface area contributed by atoms with Crippen LogP contribution in [0.15, 0.2) is 71.6 Å². The maximum Gasteiger partial charge on any atom is 0.265 e. The average molecular weight is 463 g/mol. The van der Waals surface area contributed by atoms with E-state index in [9.17, 15) is 17.6 Å². The fraction of sp³-hybridized carbons (Fsp3) is 0.136. The fourth-order valence-electron chi connectivity index (χ4n) is 2.60. The van der Waals surface area contributed by atoms with Gasteiger partial charge in [-0.25, -0.2) is 12.8 Å². The molecule has 0 heterocycles. The minimum atomic E-state index is -3.83. The first-order chi connectivity index (χ1) is 14.6. The highest BCUT2D eigenvalue weighted by Gasteiger charge is 2.17. The molecule has 0 aromatic heterocycles. The lowest BCUT2D eigenvalue weighted by molar-refractivity contribution is -0.122. The van der Waals surface area contributed by atoms with Gasteiger partial charge in [0.1, 0.15) is 11.6 Å². The molecule has 162 valence electrons. The molecule has 1 atom stereocenters. The summed E-state index contributed by atoms with van der Waals surface area (Å²) in [5.74, 6) is -0.486. The highest BCUT2D eigenvalue weighted by atomic mass is 35.5. The first kappa shape index (κ1) is 22.6. The van der Waals surface area contributed by atoms with E-state index in [-0.39, 0.29) is 4.90 Å². The maximum atomic E-state index is 13.0. The summed E-state index contributed by atoms with van der Waals surface area (Å²) in [6, 6.07) is 15.9. The monoisotopic (exact) mass is 462 g/mol. The van der Waals surface area contributed by atoms with Crippen LogP contribution in [0.25, 0.3) is 0 Å². The van der Waals surface area contributed by atoms with Crippen LogP contribution in [-0.2, 0) is 14.8 Å². The fourth-order valence-corrected chi connectivity index (χ4v) is 3.83. The molecule has 0 bridgehead atoms. The Morgan fingerprint density at radius 3 is 2.23 bits per heavy atom. The van der Waals surface area contributed by atoms with Gasteiger partial charge in [-0.15, -0.1) is 0 Å². The average Bonchev–Trinajstić information content (AvgIpc) is 2.72. The van der Waals surface area contributed by atoms with Gasteiger partial charge in [0.05, 0.1) is 10.6 Å². The third kappa shape index (κ3) is 5.96. The molecular weight excluding hydrogens is 443 g/mol. The number of aryl methyl sites for hydroxylation is 1. The molecule has 3 aromatic rings. The van der Waals surface area contributed by atoms with Gasteiger partial charge in [-0.05, 0) is 80.1 Å². The smallest absolute Gasteiger partial charge is 0.265 e. The predicted molar refractivity (Wildman–Crippen MR) is 119 cm³/mol. The van der Waals surface area contributed by atoms with E-state index < -0.39 is 27.9 Å². The van der Waals surface area contributed by atoms with Crippen LogP contribution in [0.4, 0.5) is 15.8 Å². The zero-order valence-corrected chi connectivity index (χ0v) is 18.3. The number of amides is 1. The van der Waals surface area contributed by atoms with Crippen molar-refractivity contribution in [2.45, 2.75) is 24.8 Å². The summed E-state index contributed by atoms with van der Waals surface area (Å²) in [5.41, 5.74) is 1.58. The number of rotatable bonds is 7. The van der Waals surface area contributed by atoms with E-state index in [1.54, 1.807) is 19.1 Å². The number of carbonyl (C=O) groups excluding carboxylic acids is 1. The number of anilines is 2. The molecule has 1 amide bonds. The normalized spacial score (nSPS) is 12.1. The first-order valence-electron chi connectivity index (χ1n) is 9.26. The Morgan fingerprint density at radius 2 is 1.61 bits per heavy atom. The summed E-state index contributed by atoms with van der Waals surface area (Å²) in [5, 5.41) is 3.10. The maximum absolute atomic E-state index is 13.0. The van der Waals surface area contributed by atoms with Crippen molar-refractivity contribution in [3.8, 4) is 5.75 Å². The van der Waals surface area contributed by atoms with Crippen LogP contribution < -0.4 is 14.8 Å². The number of sulfonamides is 1. The van der Waals surface area contributed by atoms with Crippen LogP contribution in [0.2, 0.25) is 5.02 Å². The SMILES string of the molecule is Cc1ccc(NS(=O)(=O)c2ccc(NC(=O)[C@@H](C)Oc3ccc(F)cc3)cc2)cc1Cl. The van der Waals surface area contributed by atoms with Crippen LogP contribution >= 0.6 is 11.6 Å². The topological polar surface area (TPSA) is 84.5 Å². The molecule has 0 radical (unpaired) electrons. The van der Waals surface area contributed by atoms with Gasteiger partial charge in [0.2, 0.25) is 0 Å². The van der Waals surface area contributed by atoms with E-state index in [4.69, 9.17) is 16.3 Å². The van der Waals surface area contributed by atoms with Crippen molar-refractivity contribution in [1.82, 2.24) is 0 Å². The van der Waals surface area contributed by atoms with Crippen molar-refractivity contribution in [3.05, 3.63) is 83.1 Å². The van der Waals surface area contributed by atoms with Crippen molar-refractivity contribution in [2.75, 3.05) is 10.0 Å². The number of benzene rings is 3. The molecular formula is C22H20ClFN2O4S. The van der Waals surface area contributed by atoms with E-state index in [0.29, 0.717) is 22.1 Å². The van der Waals surface area contributed by atoms with E-state index in [1.807, 2.05) is 6.92 Å². The number of carbonyl (C=O) groups is 1.